The second-order valence-corrected chi connectivity index (χ2v) is 3.67. The third-order valence-electron chi connectivity index (χ3n) is 2.19. The third-order valence-corrected chi connectivity index (χ3v) is 2.19. The SMILES string of the molecule is C#CCOCC#Cc1ccccc1C#CCCCO. The van der Waals surface area contributed by atoms with Crippen molar-refractivity contribution in [1.29, 1.82) is 0 Å². The summed E-state index contributed by atoms with van der Waals surface area (Å²) >= 11 is 0. The molecule has 0 unspecified atom stereocenters. The van der Waals surface area contributed by atoms with Crippen LogP contribution in [-0.4, -0.2) is 24.9 Å². The van der Waals surface area contributed by atoms with E-state index < -0.39 is 0 Å². The molecule has 1 rings (SSSR count). The van der Waals surface area contributed by atoms with Crippen molar-refractivity contribution in [2.45, 2.75) is 12.8 Å². The van der Waals surface area contributed by atoms with Crippen LogP contribution in [0.25, 0.3) is 0 Å². The van der Waals surface area contributed by atoms with Gasteiger partial charge in [-0.2, -0.15) is 0 Å². The number of ether oxygens (including phenoxy) is 1. The van der Waals surface area contributed by atoms with E-state index in [1.165, 1.54) is 0 Å². The zero-order valence-corrected chi connectivity index (χ0v) is 10.8. The van der Waals surface area contributed by atoms with Crippen molar-refractivity contribution >= 4 is 0 Å². The van der Waals surface area contributed by atoms with Gasteiger partial charge in [-0.3, -0.25) is 0 Å². The number of rotatable bonds is 4. The highest BCUT2D eigenvalue weighted by Crippen LogP contribution is 2.05. The van der Waals surface area contributed by atoms with Crippen molar-refractivity contribution in [3.8, 4) is 36.0 Å². The average Bonchev–Trinajstić information content (AvgIpc) is 2.45. The van der Waals surface area contributed by atoms with Gasteiger partial charge in [0.25, 0.3) is 0 Å². The van der Waals surface area contributed by atoms with Crippen LogP contribution in [-0.2, 0) is 4.74 Å². The minimum Gasteiger partial charge on any atom is -0.396 e. The quantitative estimate of drug-likeness (QED) is 0.654. The van der Waals surface area contributed by atoms with Gasteiger partial charge in [-0.25, -0.2) is 0 Å². The number of hydrogen-bond donors (Lipinski definition) is 1. The number of aliphatic hydroxyl groups is 1. The molecule has 0 radical (unpaired) electrons. The maximum Gasteiger partial charge on any atom is 0.109 e. The molecule has 0 atom stereocenters. The third kappa shape index (κ3) is 6.35. The average molecular weight is 252 g/mol. The second-order valence-electron chi connectivity index (χ2n) is 3.67. The number of hydrogen-bond acceptors (Lipinski definition) is 2. The van der Waals surface area contributed by atoms with Crippen LogP contribution < -0.4 is 0 Å². The molecule has 2 nitrogen and oxygen atoms in total. The molecular weight excluding hydrogens is 236 g/mol. The van der Waals surface area contributed by atoms with Crippen molar-refractivity contribution in [3.05, 3.63) is 35.4 Å². The Hall–Kier alpha value is -2.18. The topological polar surface area (TPSA) is 29.5 Å². The number of unbranched alkanes of at least 4 members (excludes halogenated alkanes) is 1. The smallest absolute Gasteiger partial charge is 0.109 e. The van der Waals surface area contributed by atoms with E-state index in [2.05, 4.69) is 29.6 Å². The summed E-state index contributed by atoms with van der Waals surface area (Å²) in [5.41, 5.74) is 1.77. The fraction of sp³-hybridized carbons (Fsp3) is 0.294. The second kappa shape index (κ2) is 9.81. The van der Waals surface area contributed by atoms with Crippen molar-refractivity contribution in [1.82, 2.24) is 0 Å². The summed E-state index contributed by atoms with van der Waals surface area (Å²) in [6.45, 7) is 0.760. The Morgan fingerprint density at radius 2 is 1.74 bits per heavy atom. The fourth-order valence-electron chi connectivity index (χ4n) is 1.32. The number of terminal acetylenes is 1. The molecule has 1 aromatic carbocycles. The number of benzene rings is 1. The van der Waals surface area contributed by atoms with Gasteiger partial charge in [-0.15, -0.1) is 6.42 Å². The Morgan fingerprint density at radius 1 is 1.05 bits per heavy atom. The molecule has 0 heterocycles. The zero-order valence-electron chi connectivity index (χ0n) is 10.8. The maximum absolute atomic E-state index is 8.69. The van der Waals surface area contributed by atoms with E-state index in [1.54, 1.807) is 0 Å². The van der Waals surface area contributed by atoms with Gasteiger partial charge in [0, 0.05) is 24.2 Å². The van der Waals surface area contributed by atoms with Gasteiger partial charge in [0.15, 0.2) is 0 Å². The number of aliphatic hydroxyl groups excluding tert-OH is 1. The molecule has 0 saturated carbocycles. The molecular formula is C17H16O2. The van der Waals surface area contributed by atoms with E-state index in [4.69, 9.17) is 16.3 Å². The molecule has 1 aromatic rings. The molecule has 0 fully saturated rings. The molecule has 2 heteroatoms. The van der Waals surface area contributed by atoms with Crippen LogP contribution in [0.5, 0.6) is 0 Å². The summed E-state index contributed by atoms with van der Waals surface area (Å²) in [6.07, 6.45) is 6.45. The van der Waals surface area contributed by atoms with Gasteiger partial charge >= 0.3 is 0 Å². The Kier molecular flexibility index (Phi) is 7.68. The predicted octanol–water partition coefficient (Wildman–Crippen LogP) is 1.81. The maximum atomic E-state index is 8.69. The molecule has 1 N–H and O–H groups in total. The Balaban J connectivity index is 2.67. The first-order valence-electron chi connectivity index (χ1n) is 6.07. The van der Waals surface area contributed by atoms with Crippen molar-refractivity contribution in [2.24, 2.45) is 0 Å². The van der Waals surface area contributed by atoms with Gasteiger partial charge < -0.3 is 9.84 Å². The Labute approximate surface area is 114 Å². The Bertz CT molecular complexity index is 544. The normalized spacial score (nSPS) is 8.63. The van der Waals surface area contributed by atoms with Crippen LogP contribution in [0.3, 0.4) is 0 Å². The van der Waals surface area contributed by atoms with Gasteiger partial charge in [-0.1, -0.05) is 41.7 Å². The summed E-state index contributed by atoms with van der Waals surface area (Å²) in [5, 5.41) is 8.69. The van der Waals surface area contributed by atoms with E-state index in [0.29, 0.717) is 19.4 Å². The lowest BCUT2D eigenvalue weighted by Crippen LogP contribution is -1.91. The van der Waals surface area contributed by atoms with Crippen LogP contribution in [0.1, 0.15) is 24.0 Å². The lowest BCUT2D eigenvalue weighted by atomic mass is 10.1. The van der Waals surface area contributed by atoms with Crippen LogP contribution in [0.4, 0.5) is 0 Å². The standard InChI is InChI=1S/C17H16O2/c1-2-14-19-15-8-12-17-11-6-5-10-16(17)9-4-3-7-13-18/h1,5-6,10-11,18H,3,7,13-15H2. The molecule has 0 amide bonds. The van der Waals surface area contributed by atoms with Crippen LogP contribution in [0.15, 0.2) is 24.3 Å². The van der Waals surface area contributed by atoms with Crippen molar-refractivity contribution < 1.29 is 9.84 Å². The summed E-state index contributed by atoms with van der Waals surface area (Å²) in [5.74, 6) is 14.4. The zero-order chi connectivity index (χ0) is 13.8. The predicted molar refractivity (Wildman–Crippen MR) is 76.2 cm³/mol. The molecule has 0 aromatic heterocycles. The molecule has 0 aliphatic carbocycles. The van der Waals surface area contributed by atoms with E-state index in [1.807, 2.05) is 24.3 Å². The Morgan fingerprint density at radius 3 is 2.37 bits per heavy atom. The van der Waals surface area contributed by atoms with E-state index in [-0.39, 0.29) is 13.2 Å². The first kappa shape index (κ1) is 14.9. The molecule has 0 aliphatic heterocycles. The molecule has 0 aliphatic rings. The van der Waals surface area contributed by atoms with Crippen LogP contribution >= 0.6 is 0 Å². The van der Waals surface area contributed by atoms with Crippen molar-refractivity contribution in [2.75, 3.05) is 19.8 Å². The first-order chi connectivity index (χ1) is 9.38. The van der Waals surface area contributed by atoms with Gasteiger partial charge in [-0.05, 0) is 18.6 Å². The van der Waals surface area contributed by atoms with E-state index in [0.717, 1.165) is 11.1 Å². The van der Waals surface area contributed by atoms with Gasteiger partial charge in [0.2, 0.25) is 0 Å². The molecule has 0 saturated heterocycles. The lowest BCUT2D eigenvalue weighted by Gasteiger charge is -1.95. The lowest BCUT2D eigenvalue weighted by molar-refractivity contribution is 0.205. The highest BCUT2D eigenvalue weighted by atomic mass is 16.5. The summed E-state index contributed by atoms with van der Waals surface area (Å²) in [6, 6.07) is 7.70. The minimum atomic E-state index is 0.169. The molecule has 96 valence electrons. The van der Waals surface area contributed by atoms with E-state index >= 15 is 0 Å². The van der Waals surface area contributed by atoms with Gasteiger partial charge in [0.05, 0.1) is 0 Å². The van der Waals surface area contributed by atoms with E-state index in [9.17, 15) is 0 Å². The largest absolute Gasteiger partial charge is 0.396 e. The fourth-order valence-corrected chi connectivity index (χ4v) is 1.32. The molecule has 0 spiro atoms. The summed E-state index contributed by atoms with van der Waals surface area (Å²) in [7, 11) is 0. The summed E-state index contributed by atoms with van der Waals surface area (Å²) < 4.78 is 5.08. The molecule has 19 heavy (non-hydrogen) atoms. The first-order valence-corrected chi connectivity index (χ1v) is 6.07. The monoisotopic (exact) mass is 252 g/mol. The van der Waals surface area contributed by atoms with Gasteiger partial charge in [0.1, 0.15) is 13.2 Å². The highest BCUT2D eigenvalue weighted by Gasteiger charge is 1.93. The summed E-state index contributed by atoms with van der Waals surface area (Å²) in [4.78, 5) is 0. The van der Waals surface area contributed by atoms with Crippen LogP contribution in [0, 0.1) is 36.0 Å². The molecule has 0 bridgehead atoms. The minimum absolute atomic E-state index is 0.169. The highest BCUT2D eigenvalue weighted by molar-refractivity contribution is 5.49. The van der Waals surface area contributed by atoms with Crippen LogP contribution in [0.2, 0.25) is 0 Å². The van der Waals surface area contributed by atoms with Crippen molar-refractivity contribution in [3.63, 3.8) is 0 Å².